The van der Waals surface area contributed by atoms with Gasteiger partial charge in [0.25, 0.3) is 0 Å². The summed E-state index contributed by atoms with van der Waals surface area (Å²) in [5.74, 6) is 1.63. The molecular weight excluding hydrogens is 276 g/mol. The van der Waals surface area contributed by atoms with E-state index in [-0.39, 0.29) is 0 Å². The number of hydrogen-bond donors (Lipinski definition) is 1. The molecule has 2 nitrogen and oxygen atoms in total. The Morgan fingerprint density at radius 2 is 2.00 bits per heavy atom. The molecule has 0 saturated carbocycles. The first kappa shape index (κ1) is 14.6. The fraction of sp³-hybridized carbons (Fsp3) is 0.533. The molecule has 104 valence electrons. The molecule has 0 spiro atoms. The molecule has 1 aliphatic heterocycles. The topological polar surface area (TPSA) is 29.3 Å². The zero-order valence-electron chi connectivity index (χ0n) is 11.5. The molecule has 2 rings (SSSR count). The van der Waals surface area contributed by atoms with Crippen LogP contribution in [0.5, 0.6) is 0 Å². The number of nitrogens with two attached hydrogens (primary N) is 1. The number of hydrogen-bond acceptors (Lipinski definition) is 2. The van der Waals surface area contributed by atoms with Crippen molar-refractivity contribution in [3.63, 3.8) is 0 Å². The predicted octanol–water partition coefficient (Wildman–Crippen LogP) is 3.85. The van der Waals surface area contributed by atoms with Crippen molar-refractivity contribution in [2.75, 3.05) is 18.0 Å². The number of piperidine rings is 1. The summed E-state index contributed by atoms with van der Waals surface area (Å²) in [6.45, 7) is 6.83. The van der Waals surface area contributed by atoms with E-state index in [1.165, 1.54) is 18.5 Å². The highest BCUT2D eigenvalue weighted by molar-refractivity contribution is 7.80. The van der Waals surface area contributed by atoms with Gasteiger partial charge in [-0.1, -0.05) is 37.7 Å². The van der Waals surface area contributed by atoms with Gasteiger partial charge in [0.15, 0.2) is 0 Å². The maximum absolute atomic E-state index is 6.23. The van der Waals surface area contributed by atoms with Crippen LogP contribution in [0.2, 0.25) is 5.02 Å². The Morgan fingerprint density at radius 1 is 1.37 bits per heavy atom. The SMILES string of the molecule is CC(C)C1CCN(c2ccc(C(N)=S)c(Cl)c2)CC1. The second-order valence-corrected chi connectivity index (χ2v) is 6.44. The van der Waals surface area contributed by atoms with E-state index >= 15 is 0 Å². The largest absolute Gasteiger partial charge is 0.389 e. The average Bonchev–Trinajstić information content (AvgIpc) is 2.38. The predicted molar refractivity (Wildman–Crippen MR) is 87.1 cm³/mol. The molecule has 1 heterocycles. The summed E-state index contributed by atoms with van der Waals surface area (Å²) in [5, 5.41) is 0.649. The first-order valence-corrected chi connectivity index (χ1v) is 7.62. The minimum absolute atomic E-state index is 0.357. The molecule has 2 N–H and O–H groups in total. The Labute approximate surface area is 125 Å². The van der Waals surface area contributed by atoms with Crippen molar-refractivity contribution >= 4 is 34.5 Å². The van der Waals surface area contributed by atoms with Gasteiger partial charge >= 0.3 is 0 Å². The van der Waals surface area contributed by atoms with Crippen molar-refractivity contribution in [1.82, 2.24) is 0 Å². The van der Waals surface area contributed by atoms with Crippen molar-refractivity contribution in [1.29, 1.82) is 0 Å². The van der Waals surface area contributed by atoms with Gasteiger partial charge in [0.05, 0.1) is 5.02 Å². The van der Waals surface area contributed by atoms with E-state index in [0.717, 1.165) is 30.5 Å². The highest BCUT2D eigenvalue weighted by atomic mass is 35.5. The summed E-state index contributed by atoms with van der Waals surface area (Å²) in [4.78, 5) is 2.75. The number of anilines is 1. The fourth-order valence-corrected chi connectivity index (χ4v) is 3.24. The van der Waals surface area contributed by atoms with Gasteiger partial charge in [-0.2, -0.15) is 0 Å². The molecule has 19 heavy (non-hydrogen) atoms. The summed E-state index contributed by atoms with van der Waals surface area (Å²) in [6, 6.07) is 5.97. The van der Waals surface area contributed by atoms with Crippen LogP contribution in [0.3, 0.4) is 0 Å². The van der Waals surface area contributed by atoms with E-state index < -0.39 is 0 Å². The van der Waals surface area contributed by atoms with E-state index in [4.69, 9.17) is 29.6 Å². The molecule has 1 aliphatic rings. The van der Waals surface area contributed by atoms with Crippen LogP contribution in [-0.4, -0.2) is 18.1 Å². The van der Waals surface area contributed by atoms with Crippen molar-refractivity contribution < 1.29 is 0 Å². The number of halogens is 1. The maximum Gasteiger partial charge on any atom is 0.105 e. The molecule has 1 saturated heterocycles. The normalized spacial score (nSPS) is 16.9. The van der Waals surface area contributed by atoms with Gasteiger partial charge in [-0.05, 0) is 42.9 Å². The third-order valence-corrected chi connectivity index (χ3v) is 4.60. The fourth-order valence-electron chi connectivity index (χ4n) is 2.72. The molecule has 4 heteroatoms. The maximum atomic E-state index is 6.23. The molecule has 1 aromatic carbocycles. The van der Waals surface area contributed by atoms with E-state index in [9.17, 15) is 0 Å². The van der Waals surface area contributed by atoms with Crippen molar-refractivity contribution in [3.8, 4) is 0 Å². The standard InChI is InChI=1S/C15H21ClN2S/c1-10(2)11-5-7-18(8-6-11)12-3-4-13(15(17)19)14(16)9-12/h3-4,9-11H,5-8H2,1-2H3,(H2,17,19). The lowest BCUT2D eigenvalue weighted by Gasteiger charge is -2.35. The summed E-state index contributed by atoms with van der Waals surface area (Å²) < 4.78 is 0. The quantitative estimate of drug-likeness (QED) is 0.859. The summed E-state index contributed by atoms with van der Waals surface area (Å²) in [7, 11) is 0. The number of nitrogens with zero attached hydrogens (tertiary/aromatic N) is 1. The number of thiocarbonyl (C=S) groups is 1. The third kappa shape index (κ3) is 3.40. The molecule has 0 unspecified atom stereocenters. The van der Waals surface area contributed by atoms with Crippen LogP contribution >= 0.6 is 23.8 Å². The zero-order chi connectivity index (χ0) is 14.0. The van der Waals surface area contributed by atoms with Gasteiger partial charge in [0.2, 0.25) is 0 Å². The molecule has 0 amide bonds. The van der Waals surface area contributed by atoms with Gasteiger partial charge in [-0.3, -0.25) is 0 Å². The van der Waals surface area contributed by atoms with Crippen molar-refractivity contribution in [3.05, 3.63) is 28.8 Å². The number of benzene rings is 1. The van der Waals surface area contributed by atoms with Crippen LogP contribution in [-0.2, 0) is 0 Å². The van der Waals surface area contributed by atoms with Gasteiger partial charge in [-0.25, -0.2) is 0 Å². The molecule has 1 aromatic rings. The lowest BCUT2D eigenvalue weighted by molar-refractivity contribution is 0.311. The first-order valence-electron chi connectivity index (χ1n) is 6.83. The van der Waals surface area contributed by atoms with Crippen LogP contribution in [0.25, 0.3) is 0 Å². The minimum atomic E-state index is 0.357. The van der Waals surface area contributed by atoms with E-state index in [0.29, 0.717) is 10.0 Å². The summed E-state index contributed by atoms with van der Waals surface area (Å²) >= 11 is 11.2. The highest BCUT2D eigenvalue weighted by Crippen LogP contribution is 2.30. The van der Waals surface area contributed by atoms with Crippen LogP contribution < -0.4 is 10.6 Å². The lowest BCUT2D eigenvalue weighted by Crippen LogP contribution is -2.35. The smallest absolute Gasteiger partial charge is 0.105 e. The molecule has 1 fully saturated rings. The Balaban J connectivity index is 2.08. The Morgan fingerprint density at radius 3 is 2.47 bits per heavy atom. The molecular formula is C15H21ClN2S. The van der Waals surface area contributed by atoms with Crippen molar-refractivity contribution in [2.24, 2.45) is 17.6 Å². The van der Waals surface area contributed by atoms with Crippen LogP contribution in [0.4, 0.5) is 5.69 Å². The van der Waals surface area contributed by atoms with Gasteiger partial charge in [0, 0.05) is 24.3 Å². The van der Waals surface area contributed by atoms with Crippen LogP contribution in [0, 0.1) is 11.8 Å². The summed E-state index contributed by atoms with van der Waals surface area (Å²) in [5.41, 5.74) is 7.56. The Bertz CT molecular complexity index is 465. The molecule has 0 bridgehead atoms. The summed E-state index contributed by atoms with van der Waals surface area (Å²) in [6.07, 6.45) is 2.51. The monoisotopic (exact) mass is 296 g/mol. The highest BCUT2D eigenvalue weighted by Gasteiger charge is 2.22. The van der Waals surface area contributed by atoms with Gasteiger partial charge < -0.3 is 10.6 Å². The second kappa shape index (κ2) is 6.10. The van der Waals surface area contributed by atoms with Gasteiger partial charge in [0.1, 0.15) is 4.99 Å². The first-order chi connectivity index (χ1) is 8.99. The van der Waals surface area contributed by atoms with E-state index in [1.54, 1.807) is 0 Å². The van der Waals surface area contributed by atoms with E-state index in [1.807, 2.05) is 12.1 Å². The minimum Gasteiger partial charge on any atom is -0.389 e. The van der Waals surface area contributed by atoms with Crippen LogP contribution in [0.1, 0.15) is 32.3 Å². The average molecular weight is 297 g/mol. The Kier molecular flexibility index (Phi) is 4.69. The zero-order valence-corrected chi connectivity index (χ0v) is 13.1. The number of rotatable bonds is 3. The molecule has 0 atom stereocenters. The second-order valence-electron chi connectivity index (χ2n) is 5.60. The van der Waals surface area contributed by atoms with Crippen LogP contribution in [0.15, 0.2) is 18.2 Å². The molecule has 0 radical (unpaired) electrons. The van der Waals surface area contributed by atoms with Crippen molar-refractivity contribution in [2.45, 2.75) is 26.7 Å². The third-order valence-electron chi connectivity index (χ3n) is 4.07. The molecule has 0 aromatic heterocycles. The Hall–Kier alpha value is -0.800. The molecule has 0 aliphatic carbocycles. The van der Waals surface area contributed by atoms with Gasteiger partial charge in [-0.15, -0.1) is 0 Å². The van der Waals surface area contributed by atoms with E-state index in [2.05, 4.69) is 24.8 Å². The lowest BCUT2D eigenvalue weighted by atomic mass is 9.86.